The molecule has 0 saturated heterocycles. The van der Waals surface area contributed by atoms with Crippen molar-refractivity contribution in [1.82, 2.24) is 0 Å². The van der Waals surface area contributed by atoms with Crippen molar-refractivity contribution in [1.29, 1.82) is 0 Å². The zero-order chi connectivity index (χ0) is 25.3. The maximum Gasteiger partial charge on any atom is 0.283 e. The van der Waals surface area contributed by atoms with Gasteiger partial charge in [0.2, 0.25) is 0 Å². The highest BCUT2D eigenvalue weighted by molar-refractivity contribution is 6.53. The summed E-state index contributed by atoms with van der Waals surface area (Å²) < 4.78 is 5.33. The molecule has 0 saturated carbocycles. The molecule has 4 rings (SSSR count). The molecule has 35 heavy (non-hydrogen) atoms. The summed E-state index contributed by atoms with van der Waals surface area (Å²) in [6.45, 7) is 3.71. The van der Waals surface area contributed by atoms with E-state index in [2.05, 4.69) is 10.6 Å². The van der Waals surface area contributed by atoms with Gasteiger partial charge in [-0.05, 0) is 67.4 Å². The van der Waals surface area contributed by atoms with Crippen LogP contribution < -0.4 is 20.3 Å². The number of benzene rings is 3. The standard InChI is InChI=1S/C26H21Cl2N3O4/c1-14-7-10-21(35-3)20(11-14)30-24(32)16-9-8-15(2)19(12-16)29-23-22(28)25(33)31(26(23)34)18-6-4-5-17(27)13-18/h4-13,29H,1-3H3,(H,30,32). The molecule has 0 unspecified atom stereocenters. The summed E-state index contributed by atoms with van der Waals surface area (Å²) in [6, 6.07) is 16.8. The predicted octanol–water partition coefficient (Wildman–Crippen LogP) is 5.65. The van der Waals surface area contributed by atoms with Crippen LogP contribution >= 0.6 is 23.2 Å². The molecular weight excluding hydrogens is 489 g/mol. The van der Waals surface area contributed by atoms with Gasteiger partial charge >= 0.3 is 0 Å². The van der Waals surface area contributed by atoms with Crippen molar-refractivity contribution >= 4 is 58.0 Å². The minimum atomic E-state index is -0.667. The number of hydrogen-bond donors (Lipinski definition) is 2. The maximum atomic E-state index is 13.1. The van der Waals surface area contributed by atoms with Crippen LogP contribution in [0.4, 0.5) is 17.1 Å². The fourth-order valence-corrected chi connectivity index (χ4v) is 4.00. The largest absolute Gasteiger partial charge is 0.495 e. The van der Waals surface area contributed by atoms with Crippen molar-refractivity contribution in [3.8, 4) is 5.75 Å². The molecule has 0 atom stereocenters. The van der Waals surface area contributed by atoms with E-state index in [1.54, 1.807) is 49.4 Å². The van der Waals surface area contributed by atoms with Crippen molar-refractivity contribution in [2.45, 2.75) is 13.8 Å². The molecule has 0 spiro atoms. The number of amides is 3. The van der Waals surface area contributed by atoms with E-state index < -0.39 is 11.8 Å². The average molecular weight is 510 g/mol. The first-order valence-corrected chi connectivity index (χ1v) is 11.3. The minimum absolute atomic E-state index is 0.0855. The Morgan fingerprint density at radius 1 is 0.914 bits per heavy atom. The second-order valence-electron chi connectivity index (χ2n) is 7.93. The fraction of sp³-hybridized carbons (Fsp3) is 0.115. The van der Waals surface area contributed by atoms with E-state index >= 15 is 0 Å². The molecule has 0 radical (unpaired) electrons. The van der Waals surface area contributed by atoms with Crippen LogP contribution in [0.2, 0.25) is 5.02 Å². The highest BCUT2D eigenvalue weighted by atomic mass is 35.5. The topological polar surface area (TPSA) is 87.7 Å². The van der Waals surface area contributed by atoms with Crippen molar-refractivity contribution in [2.24, 2.45) is 0 Å². The van der Waals surface area contributed by atoms with Crippen LogP contribution in [0.1, 0.15) is 21.5 Å². The summed E-state index contributed by atoms with van der Waals surface area (Å²) in [7, 11) is 1.53. The Labute approximate surface area is 212 Å². The molecule has 9 heteroatoms. The van der Waals surface area contributed by atoms with Crippen molar-refractivity contribution in [2.75, 3.05) is 22.6 Å². The monoisotopic (exact) mass is 509 g/mol. The zero-order valence-corrected chi connectivity index (χ0v) is 20.6. The van der Waals surface area contributed by atoms with Gasteiger partial charge in [-0.15, -0.1) is 0 Å². The van der Waals surface area contributed by atoms with E-state index in [-0.39, 0.29) is 16.6 Å². The van der Waals surface area contributed by atoms with Crippen molar-refractivity contribution < 1.29 is 19.1 Å². The van der Waals surface area contributed by atoms with Crippen LogP contribution in [0.3, 0.4) is 0 Å². The van der Waals surface area contributed by atoms with Gasteiger partial charge in [-0.3, -0.25) is 14.4 Å². The molecule has 3 amide bonds. The van der Waals surface area contributed by atoms with Crippen LogP contribution in [0, 0.1) is 13.8 Å². The van der Waals surface area contributed by atoms with Gasteiger partial charge in [-0.25, -0.2) is 4.90 Å². The van der Waals surface area contributed by atoms with E-state index in [9.17, 15) is 14.4 Å². The summed E-state index contributed by atoms with van der Waals surface area (Å²) in [6.07, 6.45) is 0. The normalized spacial score (nSPS) is 13.3. The first-order valence-electron chi connectivity index (χ1n) is 10.6. The zero-order valence-electron chi connectivity index (χ0n) is 19.1. The summed E-state index contributed by atoms with van der Waals surface area (Å²) in [5.74, 6) is -1.13. The first-order chi connectivity index (χ1) is 16.7. The van der Waals surface area contributed by atoms with E-state index in [0.717, 1.165) is 16.0 Å². The molecule has 0 fully saturated rings. The highest BCUT2D eigenvalue weighted by Crippen LogP contribution is 2.32. The Balaban J connectivity index is 1.60. The van der Waals surface area contributed by atoms with E-state index in [1.807, 2.05) is 19.1 Å². The lowest BCUT2D eigenvalue weighted by Gasteiger charge is -2.16. The Morgan fingerprint density at radius 2 is 1.69 bits per heavy atom. The number of imide groups is 1. The summed E-state index contributed by atoms with van der Waals surface area (Å²) in [5.41, 5.74) is 3.25. The number of halogens is 2. The third kappa shape index (κ3) is 4.87. The van der Waals surface area contributed by atoms with Crippen LogP contribution in [0.15, 0.2) is 71.4 Å². The molecule has 0 aromatic heterocycles. The molecule has 178 valence electrons. The lowest BCUT2D eigenvalue weighted by molar-refractivity contribution is -0.120. The predicted molar refractivity (Wildman–Crippen MR) is 137 cm³/mol. The lowest BCUT2D eigenvalue weighted by atomic mass is 10.1. The molecule has 0 bridgehead atoms. The number of methoxy groups -OCH3 is 1. The number of anilines is 3. The van der Waals surface area contributed by atoms with Gasteiger partial charge in [0, 0.05) is 16.3 Å². The van der Waals surface area contributed by atoms with Crippen LogP contribution in [0.5, 0.6) is 5.75 Å². The molecule has 1 aliphatic rings. The molecule has 1 heterocycles. The Hall–Kier alpha value is -3.81. The summed E-state index contributed by atoms with van der Waals surface area (Å²) >= 11 is 12.3. The first kappa shape index (κ1) is 24.3. The van der Waals surface area contributed by atoms with E-state index in [0.29, 0.717) is 33.4 Å². The molecule has 7 nitrogen and oxygen atoms in total. The molecular formula is C26H21Cl2N3O4. The molecule has 3 aromatic carbocycles. The van der Waals surface area contributed by atoms with Crippen LogP contribution in [-0.2, 0) is 9.59 Å². The average Bonchev–Trinajstić information content (AvgIpc) is 3.03. The fourth-order valence-electron chi connectivity index (χ4n) is 3.61. The van der Waals surface area contributed by atoms with Gasteiger partial charge in [-0.2, -0.15) is 0 Å². The third-order valence-corrected chi connectivity index (χ3v) is 6.04. The molecule has 1 aliphatic heterocycles. The molecule has 2 N–H and O–H groups in total. The van der Waals surface area contributed by atoms with E-state index in [1.165, 1.54) is 13.2 Å². The number of carbonyl (C=O) groups is 3. The number of aryl methyl sites for hydroxylation is 2. The number of ether oxygens (including phenoxy) is 1. The van der Waals surface area contributed by atoms with Gasteiger partial charge in [-0.1, -0.05) is 41.4 Å². The second kappa shape index (κ2) is 9.82. The highest BCUT2D eigenvalue weighted by Gasteiger charge is 2.39. The Bertz CT molecular complexity index is 1400. The Morgan fingerprint density at radius 3 is 2.40 bits per heavy atom. The summed E-state index contributed by atoms with van der Waals surface area (Å²) in [5, 5.41) is 5.91. The maximum absolute atomic E-state index is 13.1. The van der Waals surface area contributed by atoms with Crippen molar-refractivity contribution in [3.05, 3.63) is 93.1 Å². The smallest absolute Gasteiger partial charge is 0.283 e. The van der Waals surface area contributed by atoms with Crippen molar-refractivity contribution in [3.63, 3.8) is 0 Å². The SMILES string of the molecule is COc1ccc(C)cc1NC(=O)c1ccc(C)c(NC2=C(Cl)C(=O)N(c3cccc(Cl)c3)C2=O)c1. The molecule has 0 aliphatic carbocycles. The Kier molecular flexibility index (Phi) is 6.82. The van der Waals surface area contributed by atoms with Crippen LogP contribution in [-0.4, -0.2) is 24.8 Å². The van der Waals surface area contributed by atoms with Crippen LogP contribution in [0.25, 0.3) is 0 Å². The quantitative estimate of drug-likeness (QED) is 0.419. The molecule has 3 aromatic rings. The number of nitrogens with zero attached hydrogens (tertiary/aromatic N) is 1. The number of hydrogen-bond acceptors (Lipinski definition) is 5. The second-order valence-corrected chi connectivity index (χ2v) is 8.74. The number of nitrogens with one attached hydrogen (secondary N) is 2. The minimum Gasteiger partial charge on any atom is -0.495 e. The van der Waals surface area contributed by atoms with E-state index in [4.69, 9.17) is 27.9 Å². The third-order valence-electron chi connectivity index (χ3n) is 5.46. The summed E-state index contributed by atoms with van der Waals surface area (Å²) in [4.78, 5) is 39.7. The van der Waals surface area contributed by atoms with Gasteiger partial charge < -0.3 is 15.4 Å². The lowest BCUT2D eigenvalue weighted by Crippen LogP contribution is -2.32. The number of carbonyl (C=O) groups excluding carboxylic acids is 3. The van der Waals surface area contributed by atoms with Gasteiger partial charge in [0.15, 0.2) is 0 Å². The van der Waals surface area contributed by atoms with Gasteiger partial charge in [0.25, 0.3) is 17.7 Å². The van der Waals surface area contributed by atoms with Gasteiger partial charge in [0.05, 0.1) is 18.5 Å². The van der Waals surface area contributed by atoms with Gasteiger partial charge in [0.1, 0.15) is 16.5 Å². The number of rotatable bonds is 6.